The van der Waals surface area contributed by atoms with Crippen LogP contribution in [0.4, 0.5) is 11.6 Å². The lowest BCUT2D eigenvalue weighted by Gasteiger charge is -2.21. The van der Waals surface area contributed by atoms with E-state index in [1.165, 1.54) is 6.07 Å². The molecule has 1 atom stereocenters. The predicted molar refractivity (Wildman–Crippen MR) is 135 cm³/mol. The number of nitrogens with zero attached hydrogens (tertiary/aromatic N) is 5. The van der Waals surface area contributed by atoms with Crippen LogP contribution >= 0.6 is 0 Å². The van der Waals surface area contributed by atoms with Gasteiger partial charge in [0.15, 0.2) is 5.76 Å². The summed E-state index contributed by atoms with van der Waals surface area (Å²) in [5.41, 5.74) is 3.13. The molecule has 1 unspecified atom stereocenters. The lowest BCUT2D eigenvalue weighted by atomic mass is 10.0. The Morgan fingerprint density at radius 1 is 1.00 bits per heavy atom. The molecule has 0 aliphatic carbocycles. The van der Waals surface area contributed by atoms with Crippen molar-refractivity contribution in [1.29, 1.82) is 0 Å². The number of rotatable bonds is 7. The zero-order valence-electron chi connectivity index (χ0n) is 19.2. The van der Waals surface area contributed by atoms with E-state index in [2.05, 4.69) is 15.4 Å². The van der Waals surface area contributed by atoms with Crippen molar-refractivity contribution in [2.45, 2.75) is 12.5 Å². The Bertz CT molecular complexity index is 1580. The number of pyridine rings is 1. The molecule has 0 spiro atoms. The summed E-state index contributed by atoms with van der Waals surface area (Å²) in [5, 5.41) is 8.22. The van der Waals surface area contributed by atoms with E-state index in [4.69, 9.17) is 14.5 Å². The summed E-state index contributed by atoms with van der Waals surface area (Å²) in [4.78, 5) is 22.4. The minimum Gasteiger partial charge on any atom is -0.462 e. The van der Waals surface area contributed by atoms with Gasteiger partial charge in [0.25, 0.3) is 5.56 Å². The SMILES string of the molecule is O=c1ccc2cnc(Nc3ccc(-n4cccn4)cc3)nc2n1C(Cc1ccccc1)C1=COCO1. The fraction of sp³-hybridized carbons (Fsp3) is 0.111. The monoisotopic (exact) mass is 478 g/mol. The molecular formula is C27H22N6O3. The van der Waals surface area contributed by atoms with Crippen LogP contribution in [0.3, 0.4) is 0 Å². The number of fused-ring (bicyclic) bond motifs is 1. The summed E-state index contributed by atoms with van der Waals surface area (Å²) in [6, 6.07) is 22.4. The van der Waals surface area contributed by atoms with Crippen molar-refractivity contribution in [2.75, 3.05) is 12.1 Å². The fourth-order valence-corrected chi connectivity index (χ4v) is 4.23. The molecule has 4 heterocycles. The van der Waals surface area contributed by atoms with E-state index in [0.29, 0.717) is 23.8 Å². The van der Waals surface area contributed by atoms with Crippen LogP contribution in [-0.4, -0.2) is 31.1 Å². The van der Waals surface area contributed by atoms with Gasteiger partial charge in [-0.1, -0.05) is 30.3 Å². The highest BCUT2D eigenvalue weighted by atomic mass is 16.7. The molecule has 0 saturated heterocycles. The Labute approximate surface area is 206 Å². The van der Waals surface area contributed by atoms with Crippen LogP contribution in [0.5, 0.6) is 0 Å². The van der Waals surface area contributed by atoms with Crippen LogP contribution in [0.1, 0.15) is 11.6 Å². The fourth-order valence-electron chi connectivity index (χ4n) is 4.23. The number of hydrogen-bond acceptors (Lipinski definition) is 7. The number of allylic oxidation sites excluding steroid dienone is 1. The van der Waals surface area contributed by atoms with Crippen molar-refractivity contribution < 1.29 is 9.47 Å². The molecule has 1 N–H and O–H groups in total. The molecule has 0 amide bonds. The van der Waals surface area contributed by atoms with Crippen molar-refractivity contribution in [1.82, 2.24) is 24.3 Å². The summed E-state index contributed by atoms with van der Waals surface area (Å²) < 4.78 is 14.5. The van der Waals surface area contributed by atoms with E-state index in [0.717, 1.165) is 22.3 Å². The van der Waals surface area contributed by atoms with E-state index in [9.17, 15) is 4.79 Å². The van der Waals surface area contributed by atoms with E-state index in [1.54, 1.807) is 34.0 Å². The summed E-state index contributed by atoms with van der Waals surface area (Å²) in [6.07, 6.45) is 7.43. The van der Waals surface area contributed by atoms with Crippen LogP contribution in [0.25, 0.3) is 16.7 Å². The Morgan fingerprint density at radius 2 is 1.86 bits per heavy atom. The van der Waals surface area contributed by atoms with Crippen LogP contribution in [0, 0.1) is 0 Å². The Hall–Kier alpha value is -4.92. The van der Waals surface area contributed by atoms with Gasteiger partial charge in [-0.3, -0.25) is 9.36 Å². The van der Waals surface area contributed by atoms with Crippen LogP contribution in [0.2, 0.25) is 0 Å². The largest absolute Gasteiger partial charge is 0.462 e. The van der Waals surface area contributed by atoms with Crippen LogP contribution < -0.4 is 10.9 Å². The first-order valence-electron chi connectivity index (χ1n) is 11.5. The van der Waals surface area contributed by atoms with Crippen molar-refractivity contribution in [3.63, 3.8) is 0 Å². The van der Waals surface area contributed by atoms with E-state index >= 15 is 0 Å². The van der Waals surface area contributed by atoms with Gasteiger partial charge in [-0.05, 0) is 42.0 Å². The van der Waals surface area contributed by atoms with Crippen molar-refractivity contribution in [3.05, 3.63) is 119 Å². The van der Waals surface area contributed by atoms with Crippen LogP contribution in [0.15, 0.2) is 108 Å². The first kappa shape index (κ1) is 21.6. The van der Waals surface area contributed by atoms with Crippen LogP contribution in [-0.2, 0) is 15.9 Å². The highest BCUT2D eigenvalue weighted by Gasteiger charge is 2.25. The molecule has 5 aromatic rings. The predicted octanol–water partition coefficient (Wildman–Crippen LogP) is 4.35. The highest BCUT2D eigenvalue weighted by molar-refractivity contribution is 5.76. The minimum atomic E-state index is -0.429. The van der Waals surface area contributed by atoms with Gasteiger partial charge in [0.2, 0.25) is 12.7 Å². The van der Waals surface area contributed by atoms with Gasteiger partial charge in [-0.2, -0.15) is 10.1 Å². The van der Waals surface area contributed by atoms with Crippen molar-refractivity contribution >= 4 is 22.7 Å². The van der Waals surface area contributed by atoms with E-state index in [-0.39, 0.29) is 12.4 Å². The van der Waals surface area contributed by atoms with Gasteiger partial charge in [-0.25, -0.2) is 9.67 Å². The van der Waals surface area contributed by atoms with E-state index < -0.39 is 6.04 Å². The lowest BCUT2D eigenvalue weighted by Crippen LogP contribution is -2.28. The molecule has 9 nitrogen and oxygen atoms in total. The van der Waals surface area contributed by atoms with Gasteiger partial charge in [0.05, 0.1) is 5.69 Å². The first-order chi connectivity index (χ1) is 17.7. The summed E-state index contributed by atoms with van der Waals surface area (Å²) >= 11 is 0. The molecule has 6 rings (SSSR count). The van der Waals surface area contributed by atoms with Gasteiger partial charge in [0, 0.05) is 42.2 Å². The molecule has 178 valence electrons. The Morgan fingerprint density at radius 3 is 2.61 bits per heavy atom. The number of anilines is 2. The molecule has 9 heteroatoms. The molecule has 0 saturated carbocycles. The maximum atomic E-state index is 13.2. The van der Waals surface area contributed by atoms with Gasteiger partial charge in [-0.15, -0.1) is 0 Å². The quantitative estimate of drug-likeness (QED) is 0.372. The minimum absolute atomic E-state index is 0.121. The molecule has 0 fully saturated rings. The third kappa shape index (κ3) is 4.29. The average Bonchev–Trinajstić information content (AvgIpc) is 3.64. The van der Waals surface area contributed by atoms with Crippen molar-refractivity contribution in [2.24, 2.45) is 0 Å². The molecule has 36 heavy (non-hydrogen) atoms. The van der Waals surface area contributed by atoms with Gasteiger partial charge < -0.3 is 14.8 Å². The van der Waals surface area contributed by atoms with E-state index in [1.807, 2.05) is 66.9 Å². The molecule has 2 aromatic carbocycles. The second kappa shape index (κ2) is 9.38. The van der Waals surface area contributed by atoms with Gasteiger partial charge in [0.1, 0.15) is 18.0 Å². The van der Waals surface area contributed by atoms with Gasteiger partial charge >= 0.3 is 0 Å². The second-order valence-corrected chi connectivity index (χ2v) is 8.29. The average molecular weight is 479 g/mol. The summed E-state index contributed by atoms with van der Waals surface area (Å²) in [7, 11) is 0. The second-order valence-electron chi connectivity index (χ2n) is 8.29. The molecule has 0 radical (unpaired) electrons. The summed E-state index contributed by atoms with van der Waals surface area (Å²) in [5.74, 6) is 0.959. The third-order valence-electron chi connectivity index (χ3n) is 5.96. The third-order valence-corrected chi connectivity index (χ3v) is 5.96. The Kier molecular flexibility index (Phi) is 5.63. The highest BCUT2D eigenvalue weighted by Crippen LogP contribution is 2.28. The maximum absolute atomic E-state index is 13.2. The standard InChI is InChI=1S/C27H22N6O3/c34-25-12-7-20-16-28-27(30-21-8-10-22(11-9-21)32-14-4-13-29-32)31-26(20)33(25)23(24-17-35-18-36-24)15-19-5-2-1-3-6-19/h1-14,16-17,23H,15,18H2,(H,28,30,31). The number of ether oxygens (including phenoxy) is 2. The maximum Gasteiger partial charge on any atom is 0.252 e. The molecule has 1 aliphatic heterocycles. The smallest absolute Gasteiger partial charge is 0.252 e. The summed E-state index contributed by atoms with van der Waals surface area (Å²) in [6.45, 7) is 0.121. The number of benzene rings is 2. The zero-order chi connectivity index (χ0) is 24.3. The molecule has 0 bridgehead atoms. The Balaban J connectivity index is 1.37. The van der Waals surface area contributed by atoms with Crippen molar-refractivity contribution in [3.8, 4) is 5.69 Å². The molecule has 1 aliphatic rings. The number of hydrogen-bond donors (Lipinski definition) is 1. The number of nitrogens with one attached hydrogen (secondary N) is 1. The normalized spacial score (nSPS) is 13.6. The zero-order valence-corrected chi connectivity index (χ0v) is 19.2. The lowest BCUT2D eigenvalue weighted by molar-refractivity contribution is 0.0712. The number of aromatic nitrogens is 5. The molecule has 3 aromatic heterocycles. The topological polar surface area (TPSA) is 96.1 Å². The first-order valence-corrected chi connectivity index (χ1v) is 11.5. The molecular weight excluding hydrogens is 456 g/mol.